The number of nitrogens with zero attached hydrogens (tertiary/aromatic N) is 2. The largest absolute Gasteiger partial charge is 0.365 e. The van der Waals surface area contributed by atoms with Gasteiger partial charge < -0.3 is 9.88 Å². The number of allylic oxidation sites excluding steroid dienone is 1. The molecular weight excluding hydrogens is 226 g/mol. The normalized spacial score (nSPS) is 15.3. The average molecular weight is 247 g/mol. The van der Waals surface area contributed by atoms with E-state index in [1.54, 1.807) is 17.0 Å². The number of aryl methyl sites for hydroxylation is 1. The van der Waals surface area contributed by atoms with Crippen LogP contribution in [0.1, 0.15) is 39.0 Å². The van der Waals surface area contributed by atoms with E-state index in [1.165, 1.54) is 31.3 Å². The molecule has 1 aromatic rings. The average Bonchev–Trinajstić information content (AvgIpc) is 2.42. The molecule has 1 aromatic heterocycles. The van der Waals surface area contributed by atoms with Crippen molar-refractivity contribution in [2.75, 3.05) is 11.9 Å². The number of anilines is 1. The van der Waals surface area contributed by atoms with Gasteiger partial charge >= 0.3 is 0 Å². The van der Waals surface area contributed by atoms with Crippen LogP contribution in [-0.4, -0.2) is 16.1 Å². The molecule has 0 saturated carbocycles. The second-order valence-corrected chi connectivity index (χ2v) is 4.65. The van der Waals surface area contributed by atoms with Gasteiger partial charge in [-0.05, 0) is 39.0 Å². The fraction of sp³-hybridized carbons (Fsp3) is 0.571. The van der Waals surface area contributed by atoms with E-state index < -0.39 is 0 Å². The number of nitrogens with one attached hydrogen (secondary N) is 1. The fourth-order valence-corrected chi connectivity index (χ4v) is 2.29. The molecule has 0 atom stereocenters. The predicted molar refractivity (Wildman–Crippen MR) is 73.8 cm³/mol. The molecule has 4 nitrogen and oxygen atoms in total. The minimum atomic E-state index is -0.0300. The summed E-state index contributed by atoms with van der Waals surface area (Å²) in [6.07, 6.45) is 11.8. The van der Waals surface area contributed by atoms with Crippen LogP contribution < -0.4 is 10.9 Å². The Morgan fingerprint density at radius 2 is 2.33 bits per heavy atom. The van der Waals surface area contributed by atoms with Crippen LogP contribution in [0, 0.1) is 0 Å². The van der Waals surface area contributed by atoms with Crippen molar-refractivity contribution in [1.29, 1.82) is 0 Å². The van der Waals surface area contributed by atoms with Crippen LogP contribution in [0.4, 0.5) is 5.82 Å². The van der Waals surface area contributed by atoms with E-state index >= 15 is 0 Å². The number of aromatic nitrogens is 2. The van der Waals surface area contributed by atoms with Crippen LogP contribution in [0.3, 0.4) is 0 Å². The highest BCUT2D eigenvalue weighted by atomic mass is 16.1. The maximum atomic E-state index is 11.9. The molecule has 4 heteroatoms. The molecule has 18 heavy (non-hydrogen) atoms. The second kappa shape index (κ2) is 6.38. The summed E-state index contributed by atoms with van der Waals surface area (Å²) in [5.41, 5.74) is 1.48. The molecule has 0 aliphatic heterocycles. The predicted octanol–water partition coefficient (Wildman–Crippen LogP) is 2.57. The molecule has 0 radical (unpaired) electrons. The molecule has 1 aliphatic carbocycles. The lowest BCUT2D eigenvalue weighted by Crippen LogP contribution is -2.24. The van der Waals surface area contributed by atoms with E-state index in [9.17, 15) is 4.79 Å². The maximum absolute atomic E-state index is 11.9. The summed E-state index contributed by atoms with van der Waals surface area (Å²) in [6.45, 7) is 3.43. The highest BCUT2D eigenvalue weighted by Crippen LogP contribution is 2.19. The minimum Gasteiger partial charge on any atom is -0.365 e. The van der Waals surface area contributed by atoms with Crippen LogP contribution >= 0.6 is 0 Å². The van der Waals surface area contributed by atoms with Crippen molar-refractivity contribution >= 4 is 5.82 Å². The third-order valence-corrected chi connectivity index (χ3v) is 3.38. The van der Waals surface area contributed by atoms with Gasteiger partial charge in [-0.3, -0.25) is 4.79 Å². The van der Waals surface area contributed by atoms with Crippen molar-refractivity contribution < 1.29 is 0 Å². The Morgan fingerprint density at radius 3 is 3.06 bits per heavy atom. The monoisotopic (exact) mass is 247 g/mol. The first-order chi connectivity index (χ1) is 8.81. The Bertz CT molecular complexity index is 476. The van der Waals surface area contributed by atoms with E-state index in [4.69, 9.17) is 0 Å². The Hall–Kier alpha value is -1.58. The molecule has 1 heterocycles. The summed E-state index contributed by atoms with van der Waals surface area (Å²) in [7, 11) is 0. The van der Waals surface area contributed by atoms with Crippen molar-refractivity contribution in [3.05, 3.63) is 34.4 Å². The quantitative estimate of drug-likeness (QED) is 0.813. The van der Waals surface area contributed by atoms with Gasteiger partial charge in [0, 0.05) is 25.5 Å². The molecule has 0 fully saturated rings. The third-order valence-electron chi connectivity index (χ3n) is 3.38. The standard InChI is InChI=1S/C14H21N3O/c1-2-17-11-10-16-13(14(17)18)15-9-8-12-6-4-3-5-7-12/h6,10-11H,2-5,7-9H2,1H3,(H,15,16). The summed E-state index contributed by atoms with van der Waals surface area (Å²) >= 11 is 0. The van der Waals surface area contributed by atoms with Gasteiger partial charge in [-0.2, -0.15) is 0 Å². The van der Waals surface area contributed by atoms with Crippen molar-refractivity contribution in [1.82, 2.24) is 9.55 Å². The number of hydrogen-bond donors (Lipinski definition) is 1. The molecule has 0 saturated heterocycles. The van der Waals surface area contributed by atoms with Gasteiger partial charge in [0.05, 0.1) is 0 Å². The van der Waals surface area contributed by atoms with E-state index in [1.807, 2.05) is 6.92 Å². The summed E-state index contributed by atoms with van der Waals surface area (Å²) in [5, 5.41) is 3.15. The molecule has 0 aromatic carbocycles. The first kappa shape index (κ1) is 12.9. The highest BCUT2D eigenvalue weighted by molar-refractivity contribution is 5.31. The van der Waals surface area contributed by atoms with E-state index in [2.05, 4.69) is 16.4 Å². The second-order valence-electron chi connectivity index (χ2n) is 4.65. The first-order valence-corrected chi connectivity index (χ1v) is 6.78. The van der Waals surface area contributed by atoms with E-state index in [0.29, 0.717) is 12.4 Å². The minimum absolute atomic E-state index is 0.0300. The van der Waals surface area contributed by atoms with Gasteiger partial charge in [0.2, 0.25) is 0 Å². The zero-order valence-electron chi connectivity index (χ0n) is 11.0. The lowest BCUT2D eigenvalue weighted by molar-refractivity contribution is 0.678. The smallest absolute Gasteiger partial charge is 0.293 e. The Kier molecular flexibility index (Phi) is 4.56. The van der Waals surface area contributed by atoms with Crippen molar-refractivity contribution in [2.24, 2.45) is 0 Å². The summed E-state index contributed by atoms with van der Waals surface area (Å²) in [5.74, 6) is 0.468. The molecule has 0 amide bonds. The molecule has 1 aliphatic rings. The van der Waals surface area contributed by atoms with Gasteiger partial charge in [0.25, 0.3) is 5.56 Å². The molecule has 98 valence electrons. The van der Waals surface area contributed by atoms with Crippen molar-refractivity contribution in [3.8, 4) is 0 Å². The third kappa shape index (κ3) is 3.22. The van der Waals surface area contributed by atoms with Gasteiger partial charge in [-0.25, -0.2) is 4.98 Å². The van der Waals surface area contributed by atoms with Crippen LogP contribution in [-0.2, 0) is 6.54 Å². The molecule has 0 unspecified atom stereocenters. The zero-order valence-corrected chi connectivity index (χ0v) is 11.0. The highest BCUT2D eigenvalue weighted by Gasteiger charge is 2.05. The topological polar surface area (TPSA) is 46.9 Å². The summed E-state index contributed by atoms with van der Waals surface area (Å²) in [6, 6.07) is 0. The van der Waals surface area contributed by atoms with Crippen LogP contribution in [0.2, 0.25) is 0 Å². The lowest BCUT2D eigenvalue weighted by atomic mass is 9.97. The van der Waals surface area contributed by atoms with Crippen LogP contribution in [0.15, 0.2) is 28.8 Å². The molecule has 1 N–H and O–H groups in total. The fourth-order valence-electron chi connectivity index (χ4n) is 2.29. The first-order valence-electron chi connectivity index (χ1n) is 6.78. The SMILES string of the molecule is CCn1ccnc(NCCC2=CCCCC2)c1=O. The molecular formula is C14H21N3O. The summed E-state index contributed by atoms with van der Waals surface area (Å²) < 4.78 is 1.66. The van der Waals surface area contributed by atoms with Crippen LogP contribution in [0.25, 0.3) is 0 Å². The van der Waals surface area contributed by atoms with Gasteiger partial charge in [-0.1, -0.05) is 11.6 Å². The Morgan fingerprint density at radius 1 is 1.44 bits per heavy atom. The maximum Gasteiger partial charge on any atom is 0.293 e. The number of hydrogen-bond acceptors (Lipinski definition) is 3. The Balaban J connectivity index is 1.90. The van der Waals surface area contributed by atoms with Crippen LogP contribution in [0.5, 0.6) is 0 Å². The van der Waals surface area contributed by atoms with Gasteiger partial charge in [0.1, 0.15) is 0 Å². The van der Waals surface area contributed by atoms with Gasteiger partial charge in [-0.15, -0.1) is 0 Å². The summed E-state index contributed by atoms with van der Waals surface area (Å²) in [4.78, 5) is 16.0. The van der Waals surface area contributed by atoms with Gasteiger partial charge in [0.15, 0.2) is 5.82 Å². The zero-order chi connectivity index (χ0) is 12.8. The van der Waals surface area contributed by atoms with Crippen molar-refractivity contribution in [2.45, 2.75) is 45.6 Å². The van der Waals surface area contributed by atoms with E-state index in [0.717, 1.165) is 13.0 Å². The lowest BCUT2D eigenvalue weighted by Gasteiger charge is -2.13. The number of rotatable bonds is 5. The molecule has 0 spiro atoms. The van der Waals surface area contributed by atoms with E-state index in [-0.39, 0.29) is 5.56 Å². The Labute approximate surface area is 108 Å². The molecule has 0 bridgehead atoms. The van der Waals surface area contributed by atoms with Crippen molar-refractivity contribution in [3.63, 3.8) is 0 Å². The molecule has 2 rings (SSSR count).